The molecule has 158 valence electrons. The van der Waals surface area contributed by atoms with Crippen molar-refractivity contribution < 1.29 is 9.53 Å². The number of hydrogen-bond acceptors (Lipinski definition) is 4. The Balaban J connectivity index is 1.48. The maximum absolute atomic E-state index is 12.4. The molecule has 0 radical (unpaired) electrons. The van der Waals surface area contributed by atoms with Crippen LogP contribution in [0.1, 0.15) is 32.3 Å². The largest absolute Gasteiger partial charge is 0.379 e. The second-order valence-corrected chi connectivity index (χ2v) is 7.47. The zero-order valence-electron chi connectivity index (χ0n) is 17.5. The first-order valence-corrected chi connectivity index (χ1v) is 10.6. The Morgan fingerprint density at radius 1 is 1.14 bits per heavy atom. The Kier molecular flexibility index (Phi) is 8.07. The second kappa shape index (κ2) is 11.0. The van der Waals surface area contributed by atoms with Crippen molar-refractivity contribution in [3.63, 3.8) is 0 Å². The molecule has 7 nitrogen and oxygen atoms in total. The number of urea groups is 1. The zero-order chi connectivity index (χ0) is 20.5. The van der Waals surface area contributed by atoms with Gasteiger partial charge in [0.15, 0.2) is 0 Å². The van der Waals surface area contributed by atoms with Crippen molar-refractivity contribution >= 4 is 6.03 Å². The van der Waals surface area contributed by atoms with Crippen LogP contribution in [0.25, 0.3) is 5.69 Å². The lowest BCUT2D eigenvalue weighted by Gasteiger charge is -2.38. The summed E-state index contributed by atoms with van der Waals surface area (Å²) in [6, 6.07) is 10.2. The van der Waals surface area contributed by atoms with Gasteiger partial charge in [-0.05, 0) is 29.7 Å². The van der Waals surface area contributed by atoms with E-state index in [0.29, 0.717) is 25.0 Å². The number of nitrogens with one attached hydrogen (secondary N) is 2. The van der Waals surface area contributed by atoms with Crippen molar-refractivity contribution in [2.75, 3.05) is 32.8 Å². The van der Waals surface area contributed by atoms with Gasteiger partial charge in [-0.1, -0.05) is 38.8 Å². The summed E-state index contributed by atoms with van der Waals surface area (Å²) >= 11 is 0. The number of aromatic nitrogens is 2. The molecule has 2 N–H and O–H groups in total. The summed E-state index contributed by atoms with van der Waals surface area (Å²) < 4.78 is 7.31. The van der Waals surface area contributed by atoms with Gasteiger partial charge < -0.3 is 15.4 Å². The van der Waals surface area contributed by atoms with Crippen molar-refractivity contribution in [3.8, 4) is 5.69 Å². The van der Waals surface area contributed by atoms with Crippen LogP contribution >= 0.6 is 0 Å². The molecule has 1 atom stereocenters. The number of ether oxygens (including phenoxy) is 1. The summed E-state index contributed by atoms with van der Waals surface area (Å²) in [6.45, 7) is 9.05. The SMILES string of the molecule is CCC(CC)C(CNC(=O)NCc1ccc(-n2cccn2)cc1)N1CCOCC1. The van der Waals surface area contributed by atoms with Gasteiger partial charge in [0.1, 0.15) is 0 Å². The van der Waals surface area contributed by atoms with Gasteiger partial charge in [-0.25, -0.2) is 9.48 Å². The van der Waals surface area contributed by atoms with Crippen molar-refractivity contribution in [1.29, 1.82) is 0 Å². The lowest BCUT2D eigenvalue weighted by molar-refractivity contribution is 0.00237. The molecule has 2 heterocycles. The van der Waals surface area contributed by atoms with Crippen LogP contribution in [0.3, 0.4) is 0 Å². The fourth-order valence-corrected chi connectivity index (χ4v) is 3.97. The van der Waals surface area contributed by atoms with Gasteiger partial charge in [0.25, 0.3) is 0 Å². The van der Waals surface area contributed by atoms with Crippen LogP contribution in [0.15, 0.2) is 42.7 Å². The lowest BCUT2D eigenvalue weighted by atomic mass is 9.92. The molecule has 2 amide bonds. The van der Waals surface area contributed by atoms with E-state index in [1.165, 1.54) is 0 Å². The monoisotopic (exact) mass is 399 g/mol. The molecule has 1 aliphatic heterocycles. The molecule has 0 saturated carbocycles. The molecule has 1 saturated heterocycles. The third kappa shape index (κ3) is 6.05. The molecule has 0 bridgehead atoms. The predicted octanol–water partition coefficient (Wildman–Crippen LogP) is 2.81. The van der Waals surface area contributed by atoms with Crippen LogP contribution in [0.4, 0.5) is 4.79 Å². The van der Waals surface area contributed by atoms with E-state index in [1.807, 2.05) is 41.2 Å². The number of carbonyl (C=O) groups is 1. The van der Waals surface area contributed by atoms with E-state index in [0.717, 1.165) is 50.4 Å². The molecule has 1 aromatic heterocycles. The minimum atomic E-state index is -0.120. The molecular weight excluding hydrogens is 366 g/mol. The minimum absolute atomic E-state index is 0.120. The summed E-state index contributed by atoms with van der Waals surface area (Å²) in [4.78, 5) is 14.8. The van der Waals surface area contributed by atoms with Crippen molar-refractivity contribution in [2.45, 2.75) is 39.3 Å². The molecular formula is C22H33N5O2. The number of carbonyl (C=O) groups excluding carboxylic acids is 1. The first-order valence-electron chi connectivity index (χ1n) is 10.6. The zero-order valence-corrected chi connectivity index (χ0v) is 17.5. The average Bonchev–Trinajstić information content (AvgIpc) is 3.31. The predicted molar refractivity (Wildman–Crippen MR) is 114 cm³/mol. The summed E-state index contributed by atoms with van der Waals surface area (Å²) in [6.07, 6.45) is 5.89. The van der Waals surface area contributed by atoms with E-state index in [-0.39, 0.29) is 6.03 Å². The summed E-state index contributed by atoms with van der Waals surface area (Å²) in [5, 5.41) is 10.3. The van der Waals surface area contributed by atoms with E-state index in [2.05, 4.69) is 34.5 Å². The number of hydrogen-bond donors (Lipinski definition) is 2. The summed E-state index contributed by atoms with van der Waals surface area (Å²) in [5.74, 6) is 0.572. The summed E-state index contributed by atoms with van der Waals surface area (Å²) in [7, 11) is 0. The molecule has 1 fully saturated rings. The van der Waals surface area contributed by atoms with Crippen molar-refractivity contribution in [1.82, 2.24) is 25.3 Å². The second-order valence-electron chi connectivity index (χ2n) is 7.47. The Morgan fingerprint density at radius 2 is 1.86 bits per heavy atom. The highest BCUT2D eigenvalue weighted by atomic mass is 16.5. The van der Waals surface area contributed by atoms with E-state index in [4.69, 9.17) is 4.74 Å². The highest BCUT2D eigenvalue weighted by Crippen LogP contribution is 2.19. The summed E-state index contributed by atoms with van der Waals surface area (Å²) in [5.41, 5.74) is 2.06. The van der Waals surface area contributed by atoms with E-state index < -0.39 is 0 Å². The van der Waals surface area contributed by atoms with Crippen LogP contribution < -0.4 is 10.6 Å². The minimum Gasteiger partial charge on any atom is -0.379 e. The Bertz CT molecular complexity index is 722. The number of amides is 2. The molecule has 29 heavy (non-hydrogen) atoms. The molecule has 2 aromatic rings. The average molecular weight is 400 g/mol. The maximum Gasteiger partial charge on any atom is 0.315 e. The number of benzene rings is 1. The van der Waals surface area contributed by atoms with E-state index >= 15 is 0 Å². The fraction of sp³-hybridized carbons (Fsp3) is 0.545. The molecule has 0 aliphatic carbocycles. The molecule has 1 unspecified atom stereocenters. The number of rotatable bonds is 9. The fourth-order valence-electron chi connectivity index (χ4n) is 3.97. The number of morpholine rings is 1. The van der Waals surface area contributed by atoms with Gasteiger partial charge in [0.2, 0.25) is 0 Å². The molecule has 0 spiro atoms. The van der Waals surface area contributed by atoms with Crippen molar-refractivity contribution in [3.05, 3.63) is 48.3 Å². The first-order chi connectivity index (χ1) is 14.2. The lowest BCUT2D eigenvalue weighted by Crippen LogP contribution is -2.53. The highest BCUT2D eigenvalue weighted by Gasteiger charge is 2.27. The maximum atomic E-state index is 12.4. The first kappa shape index (κ1) is 21.3. The third-order valence-corrected chi connectivity index (χ3v) is 5.74. The molecule has 3 rings (SSSR count). The van der Waals surface area contributed by atoms with Gasteiger partial charge in [0.05, 0.1) is 18.9 Å². The van der Waals surface area contributed by atoms with Crippen molar-refractivity contribution in [2.24, 2.45) is 5.92 Å². The third-order valence-electron chi connectivity index (χ3n) is 5.74. The van der Waals surface area contributed by atoms with Crippen LogP contribution in [-0.4, -0.2) is 59.6 Å². The van der Waals surface area contributed by atoms with Gasteiger partial charge >= 0.3 is 6.03 Å². The Labute approximate surface area is 173 Å². The standard InChI is InChI=1S/C22H33N5O2/c1-3-19(4-2)21(26-12-14-29-15-13-26)17-24-22(28)23-16-18-6-8-20(9-7-18)27-11-5-10-25-27/h5-11,19,21H,3-4,12-17H2,1-2H3,(H2,23,24,28). The normalized spacial score (nSPS) is 16.0. The smallest absolute Gasteiger partial charge is 0.315 e. The van der Waals surface area contributed by atoms with Gasteiger partial charge in [0, 0.05) is 44.6 Å². The van der Waals surface area contributed by atoms with E-state index in [9.17, 15) is 4.79 Å². The van der Waals surface area contributed by atoms with Crippen LogP contribution in [0.5, 0.6) is 0 Å². The number of nitrogens with zero attached hydrogens (tertiary/aromatic N) is 3. The highest BCUT2D eigenvalue weighted by molar-refractivity contribution is 5.73. The molecule has 7 heteroatoms. The van der Waals surface area contributed by atoms with Gasteiger partial charge in [-0.15, -0.1) is 0 Å². The Hall–Kier alpha value is -2.38. The van der Waals surface area contributed by atoms with Crippen LogP contribution in [-0.2, 0) is 11.3 Å². The van der Waals surface area contributed by atoms with E-state index in [1.54, 1.807) is 6.20 Å². The quantitative estimate of drug-likeness (QED) is 0.680. The topological polar surface area (TPSA) is 71.4 Å². The van der Waals surface area contributed by atoms with Crippen LogP contribution in [0.2, 0.25) is 0 Å². The van der Waals surface area contributed by atoms with Gasteiger partial charge in [-0.3, -0.25) is 4.90 Å². The van der Waals surface area contributed by atoms with Crippen LogP contribution in [0, 0.1) is 5.92 Å². The van der Waals surface area contributed by atoms with Gasteiger partial charge in [-0.2, -0.15) is 5.10 Å². The molecule has 1 aliphatic rings. The molecule has 1 aromatic carbocycles. The Morgan fingerprint density at radius 3 is 2.48 bits per heavy atom.